The van der Waals surface area contributed by atoms with E-state index in [9.17, 15) is 18.0 Å². The SMILES string of the molecule is CC[C@@H](C)NC(=O)[C@H](Cc1ccccc1)N(Cc1cccc(Br)c1)C(=O)CN(c1ccc(OCc2ccccc2)cc1)S(C)(=O)=O. The van der Waals surface area contributed by atoms with Gasteiger partial charge in [0, 0.05) is 23.5 Å². The van der Waals surface area contributed by atoms with Crippen LogP contribution in [-0.2, 0) is 39.2 Å². The number of carbonyl (C=O) groups excluding carboxylic acids is 2. The van der Waals surface area contributed by atoms with Crippen LogP contribution in [0.3, 0.4) is 0 Å². The van der Waals surface area contributed by atoms with E-state index in [1.54, 1.807) is 24.3 Å². The Hall–Kier alpha value is -4.15. The zero-order valence-corrected chi connectivity index (χ0v) is 28.7. The van der Waals surface area contributed by atoms with Crippen molar-refractivity contribution in [1.29, 1.82) is 0 Å². The number of halogens is 1. The maximum Gasteiger partial charge on any atom is 0.244 e. The van der Waals surface area contributed by atoms with Crippen molar-refractivity contribution in [3.63, 3.8) is 0 Å². The highest BCUT2D eigenvalue weighted by molar-refractivity contribution is 9.10. The number of ether oxygens (including phenoxy) is 1. The molecular weight excluding hydrogens is 666 g/mol. The van der Waals surface area contributed by atoms with Crippen LogP contribution in [-0.4, -0.2) is 50.0 Å². The molecule has 0 heterocycles. The number of carbonyl (C=O) groups is 2. The number of sulfonamides is 1. The largest absolute Gasteiger partial charge is 0.489 e. The molecule has 0 aliphatic heterocycles. The molecule has 0 saturated heterocycles. The lowest BCUT2D eigenvalue weighted by Crippen LogP contribution is -2.54. The molecule has 0 radical (unpaired) electrons. The standard InChI is InChI=1S/C36H40BrN3O5S/c1-4-27(2)38-36(42)34(23-28-12-7-5-8-13-28)39(24-30-16-11-17-31(37)22-30)35(41)25-40(46(3,43)44)32-18-20-33(21-19-32)45-26-29-14-9-6-10-15-29/h5-22,27,34H,4,23-26H2,1-3H3,(H,38,42)/t27-,34+/m1/s1. The third kappa shape index (κ3) is 10.2. The molecule has 10 heteroatoms. The molecule has 4 rings (SSSR count). The van der Waals surface area contributed by atoms with Crippen LogP contribution in [0.4, 0.5) is 5.69 Å². The van der Waals surface area contributed by atoms with Gasteiger partial charge in [-0.2, -0.15) is 0 Å². The van der Waals surface area contributed by atoms with E-state index in [0.717, 1.165) is 38.1 Å². The van der Waals surface area contributed by atoms with Crippen LogP contribution in [0.15, 0.2) is 114 Å². The highest BCUT2D eigenvalue weighted by Gasteiger charge is 2.33. The summed E-state index contributed by atoms with van der Waals surface area (Å²) in [6.07, 6.45) is 2.04. The molecule has 0 bridgehead atoms. The number of benzene rings is 4. The molecule has 0 spiro atoms. The first-order chi connectivity index (χ1) is 22.0. The Kier molecular flexibility index (Phi) is 12.4. The second-order valence-electron chi connectivity index (χ2n) is 11.2. The number of anilines is 1. The van der Waals surface area contributed by atoms with Gasteiger partial charge in [-0.15, -0.1) is 0 Å². The van der Waals surface area contributed by atoms with Gasteiger partial charge in [0.05, 0.1) is 11.9 Å². The summed E-state index contributed by atoms with van der Waals surface area (Å²) in [7, 11) is -3.89. The van der Waals surface area contributed by atoms with Crippen LogP contribution in [0.2, 0.25) is 0 Å². The van der Waals surface area contributed by atoms with E-state index < -0.39 is 28.5 Å². The monoisotopic (exact) mass is 705 g/mol. The van der Waals surface area contributed by atoms with Gasteiger partial charge in [-0.05, 0) is 66.4 Å². The molecule has 0 fully saturated rings. The minimum atomic E-state index is -3.89. The Bertz CT molecular complexity index is 1690. The minimum absolute atomic E-state index is 0.105. The van der Waals surface area contributed by atoms with Crippen molar-refractivity contribution in [2.45, 2.75) is 51.9 Å². The highest BCUT2D eigenvalue weighted by atomic mass is 79.9. The molecule has 1 N–H and O–H groups in total. The Morgan fingerprint density at radius 1 is 0.848 bits per heavy atom. The van der Waals surface area contributed by atoms with Crippen molar-refractivity contribution >= 4 is 43.5 Å². The van der Waals surface area contributed by atoms with Crippen LogP contribution in [0.1, 0.15) is 37.0 Å². The van der Waals surface area contributed by atoms with E-state index >= 15 is 0 Å². The smallest absolute Gasteiger partial charge is 0.244 e. The Morgan fingerprint density at radius 3 is 2.04 bits per heavy atom. The number of nitrogens with zero attached hydrogens (tertiary/aromatic N) is 2. The molecule has 8 nitrogen and oxygen atoms in total. The topological polar surface area (TPSA) is 96.0 Å². The second kappa shape index (κ2) is 16.4. The average molecular weight is 707 g/mol. The van der Waals surface area contributed by atoms with Gasteiger partial charge >= 0.3 is 0 Å². The average Bonchev–Trinajstić information content (AvgIpc) is 3.05. The van der Waals surface area contributed by atoms with Gasteiger partial charge in [-0.3, -0.25) is 13.9 Å². The summed E-state index contributed by atoms with van der Waals surface area (Å²) in [6.45, 7) is 3.87. The van der Waals surface area contributed by atoms with Gasteiger partial charge in [-0.1, -0.05) is 95.7 Å². The Balaban J connectivity index is 1.65. The summed E-state index contributed by atoms with van der Waals surface area (Å²) >= 11 is 3.50. The normalized spacial score (nSPS) is 12.5. The molecule has 0 unspecified atom stereocenters. The van der Waals surface area contributed by atoms with E-state index in [2.05, 4.69) is 21.2 Å². The second-order valence-corrected chi connectivity index (χ2v) is 14.0. The van der Waals surface area contributed by atoms with Crippen LogP contribution in [0.25, 0.3) is 0 Å². The Labute approximate surface area is 280 Å². The number of nitrogens with one attached hydrogen (secondary N) is 1. The molecule has 0 aliphatic rings. The van der Waals surface area contributed by atoms with Gasteiger partial charge < -0.3 is 15.0 Å². The van der Waals surface area contributed by atoms with Crippen molar-refractivity contribution < 1.29 is 22.7 Å². The zero-order valence-electron chi connectivity index (χ0n) is 26.3. The maximum absolute atomic E-state index is 14.3. The molecule has 0 saturated carbocycles. The first-order valence-electron chi connectivity index (χ1n) is 15.2. The van der Waals surface area contributed by atoms with E-state index in [0.29, 0.717) is 18.0 Å². The number of hydrogen-bond acceptors (Lipinski definition) is 5. The fourth-order valence-electron chi connectivity index (χ4n) is 4.89. The van der Waals surface area contributed by atoms with Crippen LogP contribution in [0, 0.1) is 0 Å². The molecular formula is C36H40BrN3O5S. The zero-order chi connectivity index (χ0) is 33.1. The fraction of sp³-hybridized carbons (Fsp3) is 0.278. The number of hydrogen-bond donors (Lipinski definition) is 1. The molecule has 4 aromatic carbocycles. The van der Waals surface area contributed by atoms with Crippen molar-refractivity contribution in [2.24, 2.45) is 0 Å². The molecule has 2 amide bonds. The van der Waals surface area contributed by atoms with Crippen LogP contribution >= 0.6 is 15.9 Å². The van der Waals surface area contributed by atoms with E-state index in [1.165, 1.54) is 4.90 Å². The maximum atomic E-state index is 14.3. The lowest BCUT2D eigenvalue weighted by atomic mass is 10.0. The van der Waals surface area contributed by atoms with Crippen molar-refractivity contribution in [2.75, 3.05) is 17.1 Å². The summed E-state index contributed by atoms with van der Waals surface area (Å²) in [5.74, 6) is -0.240. The van der Waals surface area contributed by atoms with Crippen molar-refractivity contribution in [3.8, 4) is 5.75 Å². The summed E-state index contributed by atoms with van der Waals surface area (Å²) in [5.41, 5.74) is 2.99. The van der Waals surface area contributed by atoms with Gasteiger partial charge in [0.15, 0.2) is 0 Å². The number of rotatable bonds is 15. The van der Waals surface area contributed by atoms with E-state index in [-0.39, 0.29) is 24.9 Å². The third-order valence-electron chi connectivity index (χ3n) is 7.57. The lowest BCUT2D eigenvalue weighted by Gasteiger charge is -2.34. The molecule has 4 aromatic rings. The fourth-order valence-corrected chi connectivity index (χ4v) is 6.19. The van der Waals surface area contributed by atoms with Gasteiger partial charge in [-0.25, -0.2) is 8.42 Å². The molecule has 242 valence electrons. The van der Waals surface area contributed by atoms with Crippen LogP contribution in [0.5, 0.6) is 5.75 Å². The van der Waals surface area contributed by atoms with Gasteiger partial charge in [0.25, 0.3) is 0 Å². The predicted octanol–water partition coefficient (Wildman–Crippen LogP) is 6.35. The van der Waals surface area contributed by atoms with Crippen molar-refractivity contribution in [3.05, 3.63) is 130 Å². The summed E-state index contributed by atoms with van der Waals surface area (Å²) in [4.78, 5) is 29.6. The van der Waals surface area contributed by atoms with E-state index in [4.69, 9.17) is 4.74 Å². The highest BCUT2D eigenvalue weighted by Crippen LogP contribution is 2.24. The quantitative estimate of drug-likeness (QED) is 0.156. The first-order valence-corrected chi connectivity index (χ1v) is 17.8. The molecule has 0 aliphatic carbocycles. The predicted molar refractivity (Wildman–Crippen MR) is 186 cm³/mol. The summed E-state index contributed by atoms with van der Waals surface area (Å²) in [5, 5.41) is 3.04. The Morgan fingerprint density at radius 2 is 1.46 bits per heavy atom. The van der Waals surface area contributed by atoms with Gasteiger partial charge in [0.1, 0.15) is 24.9 Å². The molecule has 46 heavy (non-hydrogen) atoms. The number of amides is 2. The molecule has 0 aromatic heterocycles. The minimum Gasteiger partial charge on any atom is -0.489 e. The van der Waals surface area contributed by atoms with Crippen molar-refractivity contribution in [1.82, 2.24) is 10.2 Å². The first kappa shape index (κ1) is 34.7. The van der Waals surface area contributed by atoms with Crippen LogP contribution < -0.4 is 14.4 Å². The summed E-state index contributed by atoms with van der Waals surface area (Å²) < 4.78 is 34.0. The van der Waals surface area contributed by atoms with E-state index in [1.807, 2.05) is 98.8 Å². The third-order valence-corrected chi connectivity index (χ3v) is 9.20. The summed E-state index contributed by atoms with van der Waals surface area (Å²) in [6, 6.07) is 32.3. The molecule has 2 atom stereocenters. The van der Waals surface area contributed by atoms with Gasteiger partial charge in [0.2, 0.25) is 21.8 Å². The lowest BCUT2D eigenvalue weighted by molar-refractivity contribution is -0.140.